The fourth-order valence-corrected chi connectivity index (χ4v) is 4.79. The minimum Gasteiger partial charge on any atom is -0.346 e. The lowest BCUT2D eigenvalue weighted by molar-refractivity contribution is -0.144. The molecule has 7 nitrogen and oxygen atoms in total. The van der Waals surface area contributed by atoms with Crippen LogP contribution in [0.3, 0.4) is 0 Å². The van der Waals surface area contributed by atoms with Gasteiger partial charge in [-0.2, -0.15) is 13.2 Å². The molecule has 1 atom stereocenters. The van der Waals surface area contributed by atoms with Crippen molar-refractivity contribution < 1.29 is 18.0 Å². The Morgan fingerprint density at radius 1 is 1.23 bits per heavy atom. The third kappa shape index (κ3) is 4.12. The maximum absolute atomic E-state index is 13.0. The molecule has 168 valence electrons. The number of hydrogen-bond acceptors (Lipinski definition) is 5. The fraction of sp³-hybridized carbons (Fsp3) is 0.619. The summed E-state index contributed by atoms with van der Waals surface area (Å²) in [4.78, 5) is 27.3. The highest BCUT2D eigenvalue weighted by Crippen LogP contribution is 2.39. The molecule has 0 saturated heterocycles. The van der Waals surface area contributed by atoms with Crippen LogP contribution < -0.4 is 10.2 Å². The standard InChI is InChI=1S/C21H27F3N6O/c1-11(2)18-20(31)28-17-12(3)26-16(27-19(17)29(18)4)7-13-5-14(6-13)9-30-10-25-8-15(30)21(22,23)24/h8,10-11,13-14,18H,5-7,9H2,1-4H3,(H,28,31)/t13?,14?,18-/m0/s1. The van der Waals surface area contributed by atoms with Crippen LogP contribution in [-0.4, -0.2) is 38.5 Å². The van der Waals surface area contributed by atoms with Crippen LogP contribution in [0.4, 0.5) is 24.7 Å². The number of alkyl halides is 3. The van der Waals surface area contributed by atoms with Gasteiger partial charge in [0.2, 0.25) is 5.91 Å². The van der Waals surface area contributed by atoms with Gasteiger partial charge in [0, 0.05) is 20.0 Å². The van der Waals surface area contributed by atoms with E-state index in [0.29, 0.717) is 30.4 Å². The van der Waals surface area contributed by atoms with Crippen molar-refractivity contribution >= 4 is 17.4 Å². The van der Waals surface area contributed by atoms with E-state index in [9.17, 15) is 18.0 Å². The van der Waals surface area contributed by atoms with Crippen molar-refractivity contribution in [2.24, 2.45) is 17.8 Å². The van der Waals surface area contributed by atoms with Crippen molar-refractivity contribution in [2.75, 3.05) is 17.3 Å². The molecule has 1 N–H and O–H groups in total. The van der Waals surface area contributed by atoms with E-state index >= 15 is 0 Å². The molecule has 1 aliphatic heterocycles. The number of imidazole rings is 1. The van der Waals surface area contributed by atoms with E-state index < -0.39 is 11.9 Å². The van der Waals surface area contributed by atoms with Crippen molar-refractivity contribution in [2.45, 2.75) is 58.8 Å². The zero-order valence-electron chi connectivity index (χ0n) is 18.1. The summed E-state index contributed by atoms with van der Waals surface area (Å²) in [5.74, 6) is 2.04. The van der Waals surface area contributed by atoms with Gasteiger partial charge in [-0.3, -0.25) is 4.79 Å². The Balaban J connectivity index is 1.42. The van der Waals surface area contributed by atoms with E-state index in [1.807, 2.05) is 32.7 Å². The first-order valence-electron chi connectivity index (χ1n) is 10.5. The maximum Gasteiger partial charge on any atom is 0.432 e. The Hall–Kier alpha value is -2.65. The van der Waals surface area contributed by atoms with Gasteiger partial charge in [-0.05, 0) is 37.5 Å². The minimum absolute atomic E-state index is 0.0518. The molecule has 1 aliphatic carbocycles. The van der Waals surface area contributed by atoms with Crippen LogP contribution >= 0.6 is 0 Å². The van der Waals surface area contributed by atoms with Crippen LogP contribution in [0.1, 0.15) is 43.9 Å². The number of rotatable bonds is 5. The maximum atomic E-state index is 13.0. The largest absolute Gasteiger partial charge is 0.432 e. The van der Waals surface area contributed by atoms with Crippen LogP contribution in [0.5, 0.6) is 0 Å². The van der Waals surface area contributed by atoms with Crippen LogP contribution in [0, 0.1) is 24.7 Å². The molecule has 0 radical (unpaired) electrons. The molecule has 1 saturated carbocycles. The summed E-state index contributed by atoms with van der Waals surface area (Å²) >= 11 is 0. The molecule has 0 spiro atoms. The Labute approximate surface area is 179 Å². The molecule has 31 heavy (non-hydrogen) atoms. The van der Waals surface area contributed by atoms with Crippen molar-refractivity contribution in [1.82, 2.24) is 19.5 Å². The van der Waals surface area contributed by atoms with Gasteiger partial charge in [0.05, 0.1) is 18.2 Å². The number of likely N-dealkylation sites (N-methyl/N-ethyl adjacent to an activating group) is 1. The number of aryl methyl sites for hydroxylation is 1. The molecule has 0 bridgehead atoms. The molecule has 1 fully saturated rings. The average Bonchev–Trinajstić information content (AvgIpc) is 3.09. The molecule has 2 aliphatic rings. The quantitative estimate of drug-likeness (QED) is 0.774. The summed E-state index contributed by atoms with van der Waals surface area (Å²) in [6.45, 7) is 6.18. The zero-order valence-corrected chi connectivity index (χ0v) is 18.1. The van der Waals surface area contributed by atoms with Crippen LogP contribution in [0.15, 0.2) is 12.5 Å². The fourth-order valence-electron chi connectivity index (χ4n) is 4.79. The highest BCUT2D eigenvalue weighted by atomic mass is 19.4. The molecule has 0 unspecified atom stereocenters. The monoisotopic (exact) mass is 436 g/mol. The van der Waals surface area contributed by atoms with Gasteiger partial charge in [0.1, 0.15) is 23.2 Å². The molecular formula is C21H27F3N6O. The third-order valence-electron chi connectivity index (χ3n) is 6.28. The highest BCUT2D eigenvalue weighted by molar-refractivity contribution is 6.03. The van der Waals surface area contributed by atoms with Crippen LogP contribution in [0.25, 0.3) is 0 Å². The number of carbonyl (C=O) groups excluding carboxylic acids is 1. The number of nitrogens with zero attached hydrogens (tertiary/aromatic N) is 5. The number of hydrogen-bond donors (Lipinski definition) is 1. The molecule has 10 heteroatoms. The average molecular weight is 436 g/mol. The summed E-state index contributed by atoms with van der Waals surface area (Å²) < 4.78 is 40.3. The van der Waals surface area contributed by atoms with E-state index in [4.69, 9.17) is 4.98 Å². The number of fused-ring (bicyclic) bond motifs is 1. The predicted octanol–water partition coefficient (Wildman–Crippen LogP) is 3.68. The number of aromatic nitrogens is 4. The first-order valence-corrected chi connectivity index (χ1v) is 10.5. The minimum atomic E-state index is -4.39. The molecule has 0 aromatic carbocycles. The van der Waals surface area contributed by atoms with E-state index in [1.165, 1.54) is 10.9 Å². The van der Waals surface area contributed by atoms with Gasteiger partial charge >= 0.3 is 6.18 Å². The molecular weight excluding hydrogens is 409 g/mol. The second-order valence-electron chi connectivity index (χ2n) is 9.05. The lowest BCUT2D eigenvalue weighted by atomic mass is 9.73. The number of amides is 1. The molecule has 4 rings (SSSR count). The summed E-state index contributed by atoms with van der Waals surface area (Å²) in [5, 5.41) is 2.94. The third-order valence-corrected chi connectivity index (χ3v) is 6.28. The summed E-state index contributed by atoms with van der Waals surface area (Å²) in [6, 6.07) is -0.291. The van der Waals surface area contributed by atoms with Crippen molar-refractivity contribution in [3.05, 3.63) is 29.7 Å². The van der Waals surface area contributed by atoms with Gasteiger partial charge in [0.15, 0.2) is 5.82 Å². The summed E-state index contributed by atoms with van der Waals surface area (Å²) in [7, 11) is 1.88. The number of halogens is 3. The van der Waals surface area contributed by atoms with Gasteiger partial charge < -0.3 is 14.8 Å². The van der Waals surface area contributed by atoms with Gasteiger partial charge in [-0.25, -0.2) is 15.0 Å². The van der Waals surface area contributed by atoms with Crippen LogP contribution in [0.2, 0.25) is 0 Å². The van der Waals surface area contributed by atoms with E-state index in [-0.39, 0.29) is 23.8 Å². The van der Waals surface area contributed by atoms with Crippen LogP contribution in [-0.2, 0) is 23.9 Å². The Bertz CT molecular complexity index is 980. The first kappa shape index (κ1) is 21.6. The Morgan fingerprint density at radius 2 is 1.94 bits per heavy atom. The lowest BCUT2D eigenvalue weighted by Crippen LogP contribution is -2.49. The molecule has 1 amide bonds. The SMILES string of the molecule is Cc1nc(CC2CC(Cn3cncc3C(F)(F)F)C2)nc2c1NC(=O)[C@H](C(C)C)N2C. The zero-order chi connectivity index (χ0) is 22.5. The van der Waals surface area contributed by atoms with Gasteiger partial charge in [-0.1, -0.05) is 13.8 Å². The van der Waals surface area contributed by atoms with Gasteiger partial charge in [0.25, 0.3) is 0 Å². The Kier molecular flexibility index (Phi) is 5.43. The molecule has 2 aromatic heterocycles. The molecule has 3 heterocycles. The molecule has 2 aromatic rings. The number of carbonyl (C=O) groups is 1. The topological polar surface area (TPSA) is 75.9 Å². The smallest absolute Gasteiger partial charge is 0.346 e. The van der Waals surface area contributed by atoms with E-state index in [0.717, 1.165) is 30.6 Å². The summed E-state index contributed by atoms with van der Waals surface area (Å²) in [6.07, 6.45) is 0.0749. The van der Waals surface area contributed by atoms with E-state index in [2.05, 4.69) is 15.3 Å². The summed E-state index contributed by atoms with van der Waals surface area (Å²) in [5.41, 5.74) is 0.681. The normalized spacial score (nSPS) is 23.5. The predicted molar refractivity (Wildman–Crippen MR) is 110 cm³/mol. The second-order valence-corrected chi connectivity index (χ2v) is 9.05. The van der Waals surface area contributed by atoms with Gasteiger partial charge in [-0.15, -0.1) is 0 Å². The highest BCUT2D eigenvalue weighted by Gasteiger charge is 2.38. The van der Waals surface area contributed by atoms with Crippen molar-refractivity contribution in [3.8, 4) is 0 Å². The first-order chi connectivity index (χ1) is 14.5. The lowest BCUT2D eigenvalue weighted by Gasteiger charge is -2.38. The van der Waals surface area contributed by atoms with Crippen molar-refractivity contribution in [3.63, 3.8) is 0 Å². The Morgan fingerprint density at radius 3 is 2.58 bits per heavy atom. The second kappa shape index (κ2) is 7.80. The number of anilines is 2. The van der Waals surface area contributed by atoms with Crippen molar-refractivity contribution in [1.29, 1.82) is 0 Å². The number of nitrogens with one attached hydrogen (secondary N) is 1. The van der Waals surface area contributed by atoms with E-state index in [1.54, 1.807) is 0 Å².